The van der Waals surface area contributed by atoms with Gasteiger partial charge in [-0.2, -0.15) is 13.2 Å². The van der Waals surface area contributed by atoms with E-state index in [0.717, 1.165) is 5.56 Å². The Morgan fingerprint density at radius 2 is 1.64 bits per heavy atom. The molecule has 1 aromatic rings. The molecule has 4 nitrogen and oxygen atoms in total. The van der Waals surface area contributed by atoms with Gasteiger partial charge in [0.2, 0.25) is 0 Å². The van der Waals surface area contributed by atoms with Crippen LogP contribution in [0.3, 0.4) is 0 Å². The number of anilines is 1. The van der Waals surface area contributed by atoms with Gasteiger partial charge in [-0.05, 0) is 32.9 Å². The molecule has 0 heterocycles. The molecule has 0 aliphatic heterocycles. The van der Waals surface area contributed by atoms with Gasteiger partial charge >= 0.3 is 12.1 Å². The summed E-state index contributed by atoms with van der Waals surface area (Å²) >= 11 is 0. The number of aryl methyl sites for hydroxylation is 1. The Bertz CT molecular complexity index is 468. The van der Waals surface area contributed by atoms with Gasteiger partial charge in [-0.3, -0.25) is 9.69 Å². The van der Waals surface area contributed by atoms with Crippen LogP contribution in [0.4, 0.5) is 18.9 Å². The third kappa shape index (κ3) is 5.31. The highest BCUT2D eigenvalue weighted by Crippen LogP contribution is 2.24. The van der Waals surface area contributed by atoms with E-state index in [1.54, 1.807) is 26.0 Å². The number of ether oxygens (including phenoxy) is 2. The van der Waals surface area contributed by atoms with Gasteiger partial charge in [-0.25, -0.2) is 0 Å². The van der Waals surface area contributed by atoms with Crippen molar-refractivity contribution in [3.05, 3.63) is 29.8 Å². The molecule has 1 aromatic carbocycles. The first-order valence-electron chi connectivity index (χ1n) is 6.98. The molecule has 0 saturated heterocycles. The number of alkyl halides is 3. The fourth-order valence-electron chi connectivity index (χ4n) is 1.86. The Labute approximate surface area is 127 Å². The average Bonchev–Trinajstić information content (AvgIpc) is 2.44. The minimum atomic E-state index is -4.96. The Hall–Kier alpha value is -1.60. The maximum Gasteiger partial charge on any atom is 0.471 e. The minimum absolute atomic E-state index is 0.150. The number of hydrogen-bond acceptors (Lipinski definition) is 3. The predicted molar refractivity (Wildman–Crippen MR) is 76.6 cm³/mol. The third-order valence-electron chi connectivity index (χ3n) is 2.87. The molecular formula is C15H20F3NO3. The van der Waals surface area contributed by atoms with E-state index in [4.69, 9.17) is 9.47 Å². The second-order valence-electron chi connectivity index (χ2n) is 4.59. The van der Waals surface area contributed by atoms with Crippen LogP contribution in [0.2, 0.25) is 0 Å². The van der Waals surface area contributed by atoms with E-state index in [-0.39, 0.29) is 25.4 Å². The lowest BCUT2D eigenvalue weighted by Crippen LogP contribution is -2.46. The summed E-state index contributed by atoms with van der Waals surface area (Å²) in [5.74, 6) is -1.94. The van der Waals surface area contributed by atoms with Crippen LogP contribution in [0.25, 0.3) is 0 Å². The molecule has 0 aromatic heterocycles. The fraction of sp³-hybridized carbons (Fsp3) is 0.533. The van der Waals surface area contributed by atoms with E-state index in [0.29, 0.717) is 4.90 Å². The van der Waals surface area contributed by atoms with E-state index >= 15 is 0 Å². The van der Waals surface area contributed by atoms with Gasteiger partial charge in [0.05, 0.1) is 6.54 Å². The first kappa shape index (κ1) is 18.4. The van der Waals surface area contributed by atoms with Gasteiger partial charge in [0, 0.05) is 18.9 Å². The number of carbonyl (C=O) groups is 1. The largest absolute Gasteiger partial charge is 0.471 e. The van der Waals surface area contributed by atoms with E-state index in [2.05, 4.69) is 0 Å². The molecular weight excluding hydrogens is 299 g/mol. The highest BCUT2D eigenvalue weighted by Gasteiger charge is 2.43. The summed E-state index contributed by atoms with van der Waals surface area (Å²) < 4.78 is 48.9. The summed E-state index contributed by atoms with van der Waals surface area (Å²) in [5.41, 5.74) is 1.03. The normalized spacial score (nSPS) is 11.8. The number of amides is 1. The molecule has 124 valence electrons. The van der Waals surface area contributed by atoms with E-state index in [9.17, 15) is 18.0 Å². The quantitative estimate of drug-likeness (QED) is 0.724. The molecule has 0 aliphatic carbocycles. The molecule has 0 radical (unpaired) electrons. The van der Waals surface area contributed by atoms with Crippen molar-refractivity contribution in [2.75, 3.05) is 24.7 Å². The molecule has 0 unspecified atom stereocenters. The second-order valence-corrected chi connectivity index (χ2v) is 4.59. The van der Waals surface area contributed by atoms with Crippen molar-refractivity contribution in [1.82, 2.24) is 0 Å². The smallest absolute Gasteiger partial charge is 0.351 e. The average molecular weight is 319 g/mol. The predicted octanol–water partition coefficient (Wildman–Crippen LogP) is 3.29. The van der Waals surface area contributed by atoms with Crippen LogP contribution in [-0.4, -0.2) is 38.1 Å². The molecule has 0 aliphatic rings. The molecule has 0 saturated carbocycles. The van der Waals surface area contributed by atoms with Gasteiger partial charge in [-0.1, -0.05) is 17.7 Å². The van der Waals surface area contributed by atoms with Crippen molar-refractivity contribution in [1.29, 1.82) is 0 Å². The van der Waals surface area contributed by atoms with E-state index < -0.39 is 18.4 Å². The van der Waals surface area contributed by atoms with Crippen molar-refractivity contribution in [3.63, 3.8) is 0 Å². The van der Waals surface area contributed by atoms with Gasteiger partial charge in [0.25, 0.3) is 0 Å². The van der Waals surface area contributed by atoms with Crippen LogP contribution in [0.5, 0.6) is 0 Å². The summed E-state index contributed by atoms with van der Waals surface area (Å²) in [5, 5.41) is 0. The maximum atomic E-state index is 12.8. The Kier molecular flexibility index (Phi) is 6.83. The summed E-state index contributed by atoms with van der Waals surface area (Å²) in [6.07, 6.45) is -5.88. The van der Waals surface area contributed by atoms with Crippen molar-refractivity contribution in [2.45, 2.75) is 33.2 Å². The van der Waals surface area contributed by atoms with Crippen molar-refractivity contribution in [3.8, 4) is 0 Å². The summed E-state index contributed by atoms with van der Waals surface area (Å²) in [6.45, 7) is 5.42. The van der Waals surface area contributed by atoms with Crippen molar-refractivity contribution < 1.29 is 27.4 Å². The first-order valence-corrected chi connectivity index (χ1v) is 6.98. The first-order chi connectivity index (χ1) is 10.3. The number of hydrogen-bond donors (Lipinski definition) is 0. The van der Waals surface area contributed by atoms with Crippen LogP contribution >= 0.6 is 0 Å². The zero-order valence-corrected chi connectivity index (χ0v) is 12.8. The molecule has 7 heteroatoms. The van der Waals surface area contributed by atoms with Crippen LogP contribution in [0.15, 0.2) is 24.3 Å². The Morgan fingerprint density at radius 1 is 1.14 bits per heavy atom. The molecule has 1 amide bonds. The molecule has 0 atom stereocenters. The number of halogens is 3. The fourth-order valence-corrected chi connectivity index (χ4v) is 1.86. The lowest BCUT2D eigenvalue weighted by molar-refractivity contribution is -0.173. The second kappa shape index (κ2) is 8.14. The van der Waals surface area contributed by atoms with Gasteiger partial charge in [0.1, 0.15) is 0 Å². The van der Waals surface area contributed by atoms with Crippen LogP contribution in [0.1, 0.15) is 19.4 Å². The topological polar surface area (TPSA) is 38.8 Å². The molecule has 0 N–H and O–H groups in total. The van der Waals surface area contributed by atoms with Crippen LogP contribution in [0, 0.1) is 6.92 Å². The van der Waals surface area contributed by atoms with E-state index in [1.165, 1.54) is 12.1 Å². The highest BCUT2D eigenvalue weighted by atomic mass is 19.4. The SMILES string of the molecule is CCOC(CN(C(=O)C(F)(F)F)c1ccc(C)cc1)OCC. The number of nitrogens with zero attached hydrogens (tertiary/aromatic N) is 1. The lowest BCUT2D eigenvalue weighted by atomic mass is 10.2. The molecule has 0 bridgehead atoms. The Morgan fingerprint density at radius 3 is 2.05 bits per heavy atom. The van der Waals surface area contributed by atoms with Crippen molar-refractivity contribution in [2.24, 2.45) is 0 Å². The maximum absolute atomic E-state index is 12.8. The third-order valence-corrected chi connectivity index (χ3v) is 2.87. The summed E-state index contributed by atoms with van der Waals surface area (Å²) in [7, 11) is 0. The zero-order valence-electron chi connectivity index (χ0n) is 12.8. The summed E-state index contributed by atoms with van der Waals surface area (Å²) in [6, 6.07) is 6.21. The van der Waals surface area contributed by atoms with Crippen molar-refractivity contribution >= 4 is 11.6 Å². The number of rotatable bonds is 7. The van der Waals surface area contributed by atoms with Crippen LogP contribution in [-0.2, 0) is 14.3 Å². The molecule has 1 rings (SSSR count). The van der Waals surface area contributed by atoms with E-state index in [1.807, 2.05) is 6.92 Å². The summed E-state index contributed by atoms with van der Waals surface area (Å²) in [4.78, 5) is 12.3. The van der Waals surface area contributed by atoms with Gasteiger partial charge < -0.3 is 9.47 Å². The number of carbonyl (C=O) groups excluding carboxylic acids is 1. The van der Waals surface area contributed by atoms with Crippen LogP contribution < -0.4 is 4.90 Å². The monoisotopic (exact) mass is 319 g/mol. The number of benzene rings is 1. The van der Waals surface area contributed by atoms with Gasteiger partial charge in [-0.15, -0.1) is 0 Å². The van der Waals surface area contributed by atoms with Gasteiger partial charge in [0.15, 0.2) is 6.29 Å². The molecule has 0 fully saturated rings. The molecule has 22 heavy (non-hydrogen) atoms. The Balaban J connectivity index is 3.05. The minimum Gasteiger partial charge on any atom is -0.351 e. The molecule has 0 spiro atoms. The zero-order chi connectivity index (χ0) is 16.8. The lowest BCUT2D eigenvalue weighted by Gasteiger charge is -2.28. The standard InChI is InChI=1S/C15H20F3NO3/c1-4-21-13(22-5-2)10-19(14(20)15(16,17)18)12-8-6-11(3)7-9-12/h6-9,13H,4-5,10H2,1-3H3. The highest BCUT2D eigenvalue weighted by molar-refractivity contribution is 5.97.